The minimum absolute atomic E-state index is 0.0846. The van der Waals surface area contributed by atoms with Crippen LogP contribution in [-0.4, -0.2) is 28.0 Å². The fraction of sp³-hybridized carbons (Fsp3) is 0.417. The van der Waals surface area contributed by atoms with E-state index >= 15 is 0 Å². The standard InChI is InChI=1S/C12H14N2O3S/c1-7-13-9(6-18-7)4-5-10(15)14-11(12(16)17)8-2-3-8/h4-6,8,11H,2-3H2,1H3,(H,14,15)(H,16,17). The summed E-state index contributed by atoms with van der Waals surface area (Å²) >= 11 is 1.50. The van der Waals surface area contributed by atoms with Gasteiger partial charge in [-0.25, -0.2) is 9.78 Å². The van der Waals surface area contributed by atoms with Crippen molar-refractivity contribution in [1.29, 1.82) is 0 Å². The van der Waals surface area contributed by atoms with E-state index in [-0.39, 0.29) is 11.8 Å². The van der Waals surface area contributed by atoms with Crippen LogP contribution >= 0.6 is 11.3 Å². The van der Waals surface area contributed by atoms with Gasteiger partial charge in [0.25, 0.3) is 0 Å². The Hall–Kier alpha value is -1.69. The highest BCUT2D eigenvalue weighted by Crippen LogP contribution is 2.32. The second-order valence-electron chi connectivity index (χ2n) is 4.29. The van der Waals surface area contributed by atoms with E-state index in [9.17, 15) is 9.59 Å². The van der Waals surface area contributed by atoms with Gasteiger partial charge in [-0.15, -0.1) is 11.3 Å². The summed E-state index contributed by atoms with van der Waals surface area (Å²) < 4.78 is 0. The first kappa shape index (κ1) is 12.8. The van der Waals surface area contributed by atoms with Gasteiger partial charge in [0.15, 0.2) is 0 Å². The fourth-order valence-corrected chi connectivity index (χ4v) is 2.21. The lowest BCUT2D eigenvalue weighted by molar-refractivity contribution is -0.141. The Morgan fingerprint density at radius 3 is 2.83 bits per heavy atom. The van der Waals surface area contributed by atoms with Crippen molar-refractivity contribution in [2.24, 2.45) is 5.92 Å². The molecule has 0 aliphatic heterocycles. The number of rotatable bonds is 5. The molecule has 0 aromatic carbocycles. The maximum absolute atomic E-state index is 11.6. The molecule has 1 aromatic heterocycles. The van der Waals surface area contributed by atoms with E-state index < -0.39 is 12.0 Å². The summed E-state index contributed by atoms with van der Waals surface area (Å²) in [5, 5.41) is 14.2. The number of nitrogens with zero attached hydrogens (tertiary/aromatic N) is 1. The number of aliphatic carboxylic acids is 1. The molecule has 5 nitrogen and oxygen atoms in total. The van der Waals surface area contributed by atoms with Crippen LogP contribution in [-0.2, 0) is 9.59 Å². The zero-order valence-corrected chi connectivity index (χ0v) is 10.7. The SMILES string of the molecule is Cc1nc(C=CC(=O)NC(C(=O)O)C2CC2)cs1. The molecular weight excluding hydrogens is 252 g/mol. The third-order valence-corrected chi connectivity index (χ3v) is 3.49. The molecule has 2 rings (SSSR count). The number of aromatic nitrogens is 1. The van der Waals surface area contributed by atoms with E-state index in [0.717, 1.165) is 17.8 Å². The molecule has 1 saturated carbocycles. The molecule has 1 aliphatic rings. The van der Waals surface area contributed by atoms with E-state index in [1.54, 1.807) is 6.08 Å². The smallest absolute Gasteiger partial charge is 0.326 e. The number of carbonyl (C=O) groups is 2. The van der Waals surface area contributed by atoms with Gasteiger partial charge in [0, 0.05) is 11.5 Å². The predicted molar refractivity (Wildman–Crippen MR) is 68.2 cm³/mol. The quantitative estimate of drug-likeness (QED) is 0.790. The van der Waals surface area contributed by atoms with E-state index in [1.165, 1.54) is 17.4 Å². The molecule has 6 heteroatoms. The Kier molecular flexibility index (Phi) is 3.76. The minimum atomic E-state index is -0.969. The lowest BCUT2D eigenvalue weighted by Gasteiger charge is -2.11. The molecular formula is C12H14N2O3S. The molecule has 1 amide bonds. The summed E-state index contributed by atoms with van der Waals surface area (Å²) in [6.45, 7) is 1.88. The van der Waals surface area contributed by atoms with Gasteiger partial charge in [0.1, 0.15) is 6.04 Å². The summed E-state index contributed by atoms with van der Waals surface area (Å²) in [4.78, 5) is 26.7. The summed E-state index contributed by atoms with van der Waals surface area (Å²) in [5.74, 6) is -1.27. The molecule has 96 valence electrons. The van der Waals surface area contributed by atoms with Crippen LogP contribution in [0.5, 0.6) is 0 Å². The molecule has 18 heavy (non-hydrogen) atoms. The minimum Gasteiger partial charge on any atom is -0.480 e. The van der Waals surface area contributed by atoms with Crippen LogP contribution in [0.1, 0.15) is 23.5 Å². The van der Waals surface area contributed by atoms with Gasteiger partial charge in [-0.3, -0.25) is 4.79 Å². The fourth-order valence-electron chi connectivity index (χ4n) is 1.63. The van der Waals surface area contributed by atoms with Crippen molar-refractivity contribution >= 4 is 29.3 Å². The molecule has 1 heterocycles. The van der Waals surface area contributed by atoms with E-state index in [2.05, 4.69) is 10.3 Å². The number of carboxylic acid groups (broad SMARTS) is 1. The normalized spacial score (nSPS) is 16.7. The molecule has 0 saturated heterocycles. The third kappa shape index (κ3) is 3.40. The monoisotopic (exact) mass is 266 g/mol. The predicted octanol–water partition coefficient (Wildman–Crippen LogP) is 1.44. The number of carbonyl (C=O) groups excluding carboxylic acids is 1. The highest BCUT2D eigenvalue weighted by atomic mass is 32.1. The van der Waals surface area contributed by atoms with E-state index in [1.807, 2.05) is 12.3 Å². The van der Waals surface area contributed by atoms with Crippen molar-refractivity contribution < 1.29 is 14.7 Å². The Morgan fingerprint density at radius 2 is 2.33 bits per heavy atom. The maximum atomic E-state index is 11.6. The largest absolute Gasteiger partial charge is 0.480 e. The van der Waals surface area contributed by atoms with Crippen LogP contribution in [0.2, 0.25) is 0 Å². The summed E-state index contributed by atoms with van der Waals surface area (Å²) in [7, 11) is 0. The van der Waals surface area contributed by atoms with Crippen molar-refractivity contribution in [3.8, 4) is 0 Å². The van der Waals surface area contributed by atoms with Gasteiger partial charge in [0.2, 0.25) is 5.91 Å². The Bertz CT molecular complexity index is 491. The van der Waals surface area contributed by atoms with Crippen LogP contribution in [0.4, 0.5) is 0 Å². The van der Waals surface area contributed by atoms with Crippen LogP contribution in [0.15, 0.2) is 11.5 Å². The number of hydrogen-bond acceptors (Lipinski definition) is 4. The Morgan fingerprint density at radius 1 is 1.61 bits per heavy atom. The number of thiazole rings is 1. The lowest BCUT2D eigenvalue weighted by atomic mass is 10.2. The van der Waals surface area contributed by atoms with Crippen molar-refractivity contribution in [1.82, 2.24) is 10.3 Å². The maximum Gasteiger partial charge on any atom is 0.326 e. The Balaban J connectivity index is 1.91. The van der Waals surface area contributed by atoms with E-state index in [0.29, 0.717) is 5.69 Å². The molecule has 1 atom stereocenters. The zero-order valence-electron chi connectivity index (χ0n) is 9.92. The van der Waals surface area contributed by atoms with E-state index in [4.69, 9.17) is 5.11 Å². The lowest BCUT2D eigenvalue weighted by Crippen LogP contribution is -2.41. The highest BCUT2D eigenvalue weighted by molar-refractivity contribution is 7.09. The average Bonchev–Trinajstić information content (AvgIpc) is 3.06. The molecule has 2 N–H and O–H groups in total. The van der Waals surface area contributed by atoms with Crippen molar-refractivity contribution in [3.63, 3.8) is 0 Å². The van der Waals surface area contributed by atoms with Gasteiger partial charge in [-0.05, 0) is 31.8 Å². The van der Waals surface area contributed by atoms with Crippen LogP contribution in [0.3, 0.4) is 0 Å². The third-order valence-electron chi connectivity index (χ3n) is 2.70. The number of carboxylic acids is 1. The van der Waals surface area contributed by atoms with Crippen molar-refractivity contribution in [2.75, 3.05) is 0 Å². The van der Waals surface area contributed by atoms with Gasteiger partial charge < -0.3 is 10.4 Å². The number of nitrogens with one attached hydrogen (secondary N) is 1. The molecule has 1 unspecified atom stereocenters. The summed E-state index contributed by atoms with van der Waals surface area (Å²) in [6, 6.07) is -0.765. The first-order valence-electron chi connectivity index (χ1n) is 5.70. The van der Waals surface area contributed by atoms with Crippen LogP contribution < -0.4 is 5.32 Å². The van der Waals surface area contributed by atoms with Crippen LogP contribution in [0.25, 0.3) is 6.08 Å². The highest BCUT2D eigenvalue weighted by Gasteiger charge is 2.36. The molecule has 0 radical (unpaired) electrons. The second kappa shape index (κ2) is 5.30. The first-order chi connectivity index (χ1) is 8.56. The van der Waals surface area contributed by atoms with Crippen LogP contribution in [0, 0.1) is 12.8 Å². The van der Waals surface area contributed by atoms with Gasteiger partial charge in [0.05, 0.1) is 10.7 Å². The number of hydrogen-bond donors (Lipinski definition) is 2. The second-order valence-corrected chi connectivity index (χ2v) is 5.35. The molecule has 1 aliphatic carbocycles. The number of amides is 1. The molecule has 1 aromatic rings. The molecule has 0 spiro atoms. The van der Waals surface area contributed by atoms with Gasteiger partial charge in [-0.1, -0.05) is 0 Å². The van der Waals surface area contributed by atoms with Gasteiger partial charge in [-0.2, -0.15) is 0 Å². The van der Waals surface area contributed by atoms with Crippen molar-refractivity contribution in [3.05, 3.63) is 22.2 Å². The van der Waals surface area contributed by atoms with Crippen molar-refractivity contribution in [2.45, 2.75) is 25.8 Å². The zero-order chi connectivity index (χ0) is 13.1. The number of aryl methyl sites for hydroxylation is 1. The summed E-state index contributed by atoms with van der Waals surface area (Å²) in [6.07, 6.45) is 4.65. The molecule has 1 fully saturated rings. The average molecular weight is 266 g/mol. The molecule has 0 bridgehead atoms. The van der Waals surface area contributed by atoms with Gasteiger partial charge >= 0.3 is 5.97 Å². The topological polar surface area (TPSA) is 79.3 Å². The first-order valence-corrected chi connectivity index (χ1v) is 6.58. The Labute approximate surface area is 109 Å². The summed E-state index contributed by atoms with van der Waals surface area (Å²) in [5.41, 5.74) is 0.714.